The minimum absolute atomic E-state index is 0.0466. The number of hydrogen-bond donors (Lipinski definition) is 2. The summed E-state index contributed by atoms with van der Waals surface area (Å²) in [6.07, 6.45) is 3.55. The number of rotatable bonds is 5. The summed E-state index contributed by atoms with van der Waals surface area (Å²) in [4.78, 5) is 22.1. The first-order valence-electron chi connectivity index (χ1n) is 7.15. The zero-order valence-electron chi connectivity index (χ0n) is 12.2. The highest BCUT2D eigenvalue weighted by atomic mass is 16.6. The lowest BCUT2D eigenvalue weighted by molar-refractivity contribution is -0.384. The molecular formula is C13H20N4O4. The maximum absolute atomic E-state index is 11.3. The van der Waals surface area contributed by atoms with Gasteiger partial charge in [-0.1, -0.05) is 19.8 Å². The SMILES string of the molecule is CCc1nn(C)c(NC2CCCCC2C(=O)O)c1[N+](=O)[O-]. The molecule has 1 heterocycles. The van der Waals surface area contributed by atoms with Crippen LogP contribution in [0.15, 0.2) is 0 Å². The van der Waals surface area contributed by atoms with Gasteiger partial charge in [0.1, 0.15) is 5.69 Å². The largest absolute Gasteiger partial charge is 0.481 e. The maximum atomic E-state index is 11.3. The van der Waals surface area contributed by atoms with Crippen molar-refractivity contribution in [2.45, 2.75) is 45.1 Å². The van der Waals surface area contributed by atoms with E-state index in [1.165, 1.54) is 4.68 Å². The number of aromatic nitrogens is 2. The highest BCUT2D eigenvalue weighted by Crippen LogP contribution is 2.33. The lowest BCUT2D eigenvalue weighted by Crippen LogP contribution is -2.37. The van der Waals surface area contributed by atoms with E-state index in [1.54, 1.807) is 14.0 Å². The van der Waals surface area contributed by atoms with Gasteiger partial charge >= 0.3 is 11.7 Å². The van der Waals surface area contributed by atoms with Crippen molar-refractivity contribution in [1.82, 2.24) is 9.78 Å². The number of nitro groups is 1. The van der Waals surface area contributed by atoms with E-state index in [-0.39, 0.29) is 11.7 Å². The molecule has 2 atom stereocenters. The molecule has 1 aromatic heterocycles. The molecule has 1 aliphatic rings. The van der Waals surface area contributed by atoms with E-state index >= 15 is 0 Å². The molecule has 1 aliphatic carbocycles. The van der Waals surface area contributed by atoms with Gasteiger partial charge in [0.2, 0.25) is 5.82 Å². The smallest absolute Gasteiger partial charge is 0.333 e. The Morgan fingerprint density at radius 1 is 1.52 bits per heavy atom. The Bertz CT molecular complexity index is 555. The number of carboxylic acids is 1. The number of nitrogens with one attached hydrogen (secondary N) is 1. The summed E-state index contributed by atoms with van der Waals surface area (Å²) in [7, 11) is 1.63. The normalized spacial score (nSPS) is 22.0. The maximum Gasteiger partial charge on any atom is 0.333 e. The van der Waals surface area contributed by atoms with Crippen molar-refractivity contribution in [3.63, 3.8) is 0 Å². The molecule has 8 heteroatoms. The molecule has 2 unspecified atom stereocenters. The molecule has 2 N–H and O–H groups in total. The summed E-state index contributed by atoms with van der Waals surface area (Å²) in [5.41, 5.74) is 0.363. The lowest BCUT2D eigenvalue weighted by atomic mass is 9.84. The van der Waals surface area contributed by atoms with Crippen LogP contribution >= 0.6 is 0 Å². The zero-order valence-corrected chi connectivity index (χ0v) is 12.2. The van der Waals surface area contributed by atoms with Gasteiger partial charge in [-0.15, -0.1) is 0 Å². The van der Waals surface area contributed by atoms with Crippen LogP contribution in [0.5, 0.6) is 0 Å². The Hall–Kier alpha value is -2.12. The van der Waals surface area contributed by atoms with Crippen LogP contribution in [0.25, 0.3) is 0 Å². The highest BCUT2D eigenvalue weighted by molar-refractivity contribution is 5.72. The predicted octanol–water partition coefficient (Wildman–Crippen LogP) is 1.95. The predicted molar refractivity (Wildman–Crippen MR) is 76.2 cm³/mol. The summed E-state index contributed by atoms with van der Waals surface area (Å²) >= 11 is 0. The van der Waals surface area contributed by atoms with E-state index in [0.29, 0.717) is 30.8 Å². The molecule has 116 valence electrons. The van der Waals surface area contributed by atoms with Crippen molar-refractivity contribution in [3.05, 3.63) is 15.8 Å². The number of carbonyl (C=O) groups is 1. The molecule has 0 bridgehead atoms. The Kier molecular flexibility index (Phi) is 4.44. The molecule has 21 heavy (non-hydrogen) atoms. The molecule has 0 spiro atoms. The number of anilines is 1. The minimum atomic E-state index is -0.854. The fourth-order valence-electron chi connectivity index (χ4n) is 2.93. The minimum Gasteiger partial charge on any atom is -0.481 e. The van der Waals surface area contributed by atoms with E-state index in [0.717, 1.165) is 12.8 Å². The van der Waals surface area contributed by atoms with E-state index in [1.807, 2.05) is 0 Å². The first-order chi connectivity index (χ1) is 9.95. The number of hydrogen-bond acceptors (Lipinski definition) is 5. The van der Waals surface area contributed by atoms with E-state index in [9.17, 15) is 20.0 Å². The Labute approximate surface area is 122 Å². The molecule has 1 aromatic rings. The van der Waals surface area contributed by atoms with Crippen LogP contribution in [0, 0.1) is 16.0 Å². The van der Waals surface area contributed by atoms with Gasteiger partial charge in [0, 0.05) is 13.1 Å². The number of carboxylic acid groups (broad SMARTS) is 1. The second-order valence-corrected chi connectivity index (χ2v) is 5.36. The summed E-state index contributed by atoms with van der Waals surface area (Å²) in [6.45, 7) is 1.81. The molecule has 0 aromatic carbocycles. The standard InChI is InChI=1S/C13H20N4O4/c1-3-9-11(17(20)21)12(16(2)15-9)14-10-7-5-4-6-8(10)13(18)19/h8,10,14H,3-7H2,1-2H3,(H,18,19). The van der Waals surface area contributed by atoms with Crippen molar-refractivity contribution in [2.75, 3.05) is 5.32 Å². The average molecular weight is 296 g/mol. The van der Waals surface area contributed by atoms with Gasteiger partial charge in [-0.3, -0.25) is 14.9 Å². The fourth-order valence-corrected chi connectivity index (χ4v) is 2.93. The summed E-state index contributed by atoms with van der Waals surface area (Å²) in [6, 6.07) is -0.296. The molecular weight excluding hydrogens is 276 g/mol. The third kappa shape index (κ3) is 2.98. The van der Waals surface area contributed by atoms with Crippen molar-refractivity contribution in [3.8, 4) is 0 Å². The van der Waals surface area contributed by atoms with Gasteiger partial charge in [-0.05, 0) is 19.3 Å². The lowest BCUT2D eigenvalue weighted by Gasteiger charge is -2.29. The number of nitrogens with zero attached hydrogens (tertiary/aromatic N) is 3. The quantitative estimate of drug-likeness (QED) is 0.634. The fraction of sp³-hybridized carbons (Fsp3) is 0.692. The summed E-state index contributed by atoms with van der Waals surface area (Å²) < 4.78 is 1.44. The van der Waals surface area contributed by atoms with Crippen LogP contribution in [0.3, 0.4) is 0 Å². The second kappa shape index (κ2) is 6.11. The Balaban J connectivity index is 2.31. The summed E-state index contributed by atoms with van der Waals surface area (Å²) in [5, 5.41) is 27.8. The van der Waals surface area contributed by atoms with Crippen LogP contribution in [-0.2, 0) is 18.3 Å². The van der Waals surface area contributed by atoms with Crippen LogP contribution in [-0.4, -0.2) is 31.8 Å². The molecule has 0 saturated heterocycles. The number of aryl methyl sites for hydroxylation is 2. The molecule has 0 radical (unpaired) electrons. The monoisotopic (exact) mass is 296 g/mol. The van der Waals surface area contributed by atoms with E-state index in [4.69, 9.17) is 0 Å². The van der Waals surface area contributed by atoms with Gasteiger partial charge in [-0.2, -0.15) is 5.10 Å². The van der Waals surface area contributed by atoms with Gasteiger partial charge in [0.15, 0.2) is 0 Å². The zero-order chi connectivity index (χ0) is 15.6. The Morgan fingerprint density at radius 2 is 2.19 bits per heavy atom. The molecule has 0 aliphatic heterocycles. The third-order valence-electron chi connectivity index (χ3n) is 4.01. The van der Waals surface area contributed by atoms with Gasteiger partial charge in [0.05, 0.1) is 10.8 Å². The molecule has 8 nitrogen and oxygen atoms in total. The summed E-state index contributed by atoms with van der Waals surface area (Å²) in [5.74, 6) is -1.07. The molecule has 1 saturated carbocycles. The van der Waals surface area contributed by atoms with E-state index in [2.05, 4.69) is 10.4 Å². The molecule has 1 fully saturated rings. The van der Waals surface area contributed by atoms with E-state index < -0.39 is 16.8 Å². The Morgan fingerprint density at radius 3 is 2.76 bits per heavy atom. The van der Waals surface area contributed by atoms with Crippen molar-refractivity contribution in [2.24, 2.45) is 13.0 Å². The van der Waals surface area contributed by atoms with Crippen LogP contribution in [0.2, 0.25) is 0 Å². The van der Waals surface area contributed by atoms with Crippen LogP contribution in [0.1, 0.15) is 38.3 Å². The van der Waals surface area contributed by atoms with Crippen LogP contribution < -0.4 is 5.32 Å². The first kappa shape index (κ1) is 15.3. The average Bonchev–Trinajstić information content (AvgIpc) is 2.76. The highest BCUT2D eigenvalue weighted by Gasteiger charge is 2.34. The van der Waals surface area contributed by atoms with Gasteiger partial charge in [-0.25, -0.2) is 4.68 Å². The molecule has 0 amide bonds. The van der Waals surface area contributed by atoms with Gasteiger partial charge < -0.3 is 10.4 Å². The second-order valence-electron chi connectivity index (χ2n) is 5.36. The topological polar surface area (TPSA) is 110 Å². The van der Waals surface area contributed by atoms with Crippen molar-refractivity contribution >= 4 is 17.5 Å². The van der Waals surface area contributed by atoms with Crippen molar-refractivity contribution < 1.29 is 14.8 Å². The third-order valence-corrected chi connectivity index (χ3v) is 4.01. The van der Waals surface area contributed by atoms with Crippen molar-refractivity contribution in [1.29, 1.82) is 0 Å². The van der Waals surface area contributed by atoms with Gasteiger partial charge in [0.25, 0.3) is 0 Å². The number of aliphatic carboxylic acids is 1. The van der Waals surface area contributed by atoms with Crippen LogP contribution in [0.4, 0.5) is 11.5 Å². The molecule has 2 rings (SSSR count). The first-order valence-corrected chi connectivity index (χ1v) is 7.15.